The standard InChI is InChI=1S/C12H24N2O3/c1-13(2)6-5-12(16)14-7-3-11(4-8-14)17-10-9-15/h11,15H,3-10H2,1-2H3. The summed E-state index contributed by atoms with van der Waals surface area (Å²) in [5.74, 6) is 0.235. The number of hydrogen-bond donors (Lipinski definition) is 1. The van der Waals surface area contributed by atoms with Gasteiger partial charge >= 0.3 is 0 Å². The molecule has 1 heterocycles. The van der Waals surface area contributed by atoms with Gasteiger partial charge in [-0.2, -0.15) is 0 Å². The van der Waals surface area contributed by atoms with Crippen molar-refractivity contribution in [2.45, 2.75) is 25.4 Å². The lowest BCUT2D eigenvalue weighted by Gasteiger charge is -2.32. The Morgan fingerprint density at radius 3 is 2.59 bits per heavy atom. The predicted molar refractivity (Wildman–Crippen MR) is 65.8 cm³/mol. The van der Waals surface area contributed by atoms with Gasteiger partial charge in [0.2, 0.25) is 5.91 Å². The van der Waals surface area contributed by atoms with Crippen molar-refractivity contribution in [2.24, 2.45) is 0 Å². The van der Waals surface area contributed by atoms with Crippen LogP contribution < -0.4 is 0 Å². The number of likely N-dealkylation sites (tertiary alicyclic amines) is 1. The summed E-state index contributed by atoms with van der Waals surface area (Å²) in [6.45, 7) is 2.84. The molecule has 0 aromatic carbocycles. The highest BCUT2D eigenvalue weighted by atomic mass is 16.5. The molecule has 0 radical (unpaired) electrons. The van der Waals surface area contributed by atoms with Crippen molar-refractivity contribution in [3.8, 4) is 0 Å². The topological polar surface area (TPSA) is 53.0 Å². The Bertz CT molecular complexity index is 226. The number of carbonyl (C=O) groups excluding carboxylic acids is 1. The second-order valence-corrected chi connectivity index (χ2v) is 4.73. The highest BCUT2D eigenvalue weighted by Crippen LogP contribution is 2.14. The summed E-state index contributed by atoms with van der Waals surface area (Å²) >= 11 is 0. The SMILES string of the molecule is CN(C)CCC(=O)N1CCC(OCCO)CC1. The summed E-state index contributed by atoms with van der Waals surface area (Å²) in [6, 6.07) is 0. The molecule has 17 heavy (non-hydrogen) atoms. The van der Waals surface area contributed by atoms with Gasteiger partial charge in [0.1, 0.15) is 0 Å². The third-order valence-electron chi connectivity index (χ3n) is 3.01. The maximum absolute atomic E-state index is 11.8. The lowest BCUT2D eigenvalue weighted by atomic mass is 10.1. The normalized spacial score (nSPS) is 17.8. The van der Waals surface area contributed by atoms with Gasteiger partial charge in [0.15, 0.2) is 0 Å². The average Bonchev–Trinajstić information content (AvgIpc) is 2.34. The number of aliphatic hydroxyl groups is 1. The summed E-state index contributed by atoms with van der Waals surface area (Å²) in [5.41, 5.74) is 0. The van der Waals surface area contributed by atoms with Crippen molar-refractivity contribution < 1.29 is 14.6 Å². The number of ether oxygens (including phenoxy) is 1. The molecule has 1 saturated heterocycles. The fourth-order valence-corrected chi connectivity index (χ4v) is 1.97. The molecule has 100 valence electrons. The minimum absolute atomic E-state index is 0.0714. The highest BCUT2D eigenvalue weighted by Gasteiger charge is 2.22. The molecule has 0 spiro atoms. The minimum atomic E-state index is 0.0714. The molecule has 5 heteroatoms. The molecule has 5 nitrogen and oxygen atoms in total. The van der Waals surface area contributed by atoms with Gasteiger partial charge in [-0.3, -0.25) is 4.79 Å². The van der Waals surface area contributed by atoms with Crippen molar-refractivity contribution in [1.29, 1.82) is 0 Å². The van der Waals surface area contributed by atoms with E-state index in [1.165, 1.54) is 0 Å². The summed E-state index contributed by atoms with van der Waals surface area (Å²) < 4.78 is 5.46. The van der Waals surface area contributed by atoms with E-state index in [0.29, 0.717) is 13.0 Å². The van der Waals surface area contributed by atoms with E-state index in [4.69, 9.17) is 9.84 Å². The zero-order chi connectivity index (χ0) is 12.7. The Kier molecular flexibility index (Phi) is 6.47. The molecule has 0 aliphatic carbocycles. The zero-order valence-corrected chi connectivity index (χ0v) is 10.9. The Balaban J connectivity index is 2.19. The van der Waals surface area contributed by atoms with Crippen LogP contribution in [0.2, 0.25) is 0 Å². The summed E-state index contributed by atoms with van der Waals surface area (Å²) in [4.78, 5) is 15.8. The fraction of sp³-hybridized carbons (Fsp3) is 0.917. The average molecular weight is 244 g/mol. The van der Waals surface area contributed by atoms with Crippen LogP contribution in [0, 0.1) is 0 Å². The summed E-state index contributed by atoms with van der Waals surface area (Å²) in [5, 5.41) is 8.66. The number of rotatable bonds is 6. The number of carbonyl (C=O) groups is 1. The highest BCUT2D eigenvalue weighted by molar-refractivity contribution is 5.76. The zero-order valence-electron chi connectivity index (χ0n) is 10.9. The second kappa shape index (κ2) is 7.63. The van der Waals surface area contributed by atoms with Crippen LogP contribution in [-0.4, -0.2) is 73.9 Å². The predicted octanol–water partition coefficient (Wildman–Crippen LogP) is -0.0620. The van der Waals surface area contributed by atoms with Crippen LogP contribution in [0.3, 0.4) is 0 Å². The maximum Gasteiger partial charge on any atom is 0.223 e. The lowest BCUT2D eigenvalue weighted by molar-refractivity contribution is -0.134. The monoisotopic (exact) mass is 244 g/mol. The van der Waals surface area contributed by atoms with Gasteiger partial charge in [-0.1, -0.05) is 0 Å². The van der Waals surface area contributed by atoms with Gasteiger partial charge in [0, 0.05) is 26.1 Å². The van der Waals surface area contributed by atoms with Crippen molar-refractivity contribution in [2.75, 3.05) is 46.9 Å². The van der Waals surface area contributed by atoms with Crippen LogP contribution in [0.25, 0.3) is 0 Å². The molecule has 1 fully saturated rings. The van der Waals surface area contributed by atoms with Crippen molar-refractivity contribution in [3.05, 3.63) is 0 Å². The molecule has 0 bridgehead atoms. The first-order valence-corrected chi connectivity index (χ1v) is 6.28. The lowest BCUT2D eigenvalue weighted by Crippen LogP contribution is -2.41. The first-order chi connectivity index (χ1) is 8.13. The van der Waals surface area contributed by atoms with E-state index in [-0.39, 0.29) is 18.6 Å². The van der Waals surface area contributed by atoms with Gasteiger partial charge in [-0.25, -0.2) is 0 Å². The molecule has 0 aromatic heterocycles. The van der Waals surface area contributed by atoms with Gasteiger partial charge in [0.05, 0.1) is 19.3 Å². The van der Waals surface area contributed by atoms with E-state index in [0.717, 1.165) is 32.5 Å². The smallest absolute Gasteiger partial charge is 0.223 e. The van der Waals surface area contributed by atoms with E-state index in [1.54, 1.807) is 0 Å². The Hall–Kier alpha value is -0.650. The third-order valence-corrected chi connectivity index (χ3v) is 3.01. The van der Waals surface area contributed by atoms with Gasteiger partial charge in [-0.05, 0) is 26.9 Å². The molecule has 0 aromatic rings. The molecule has 1 aliphatic heterocycles. The minimum Gasteiger partial charge on any atom is -0.394 e. The van der Waals surface area contributed by atoms with E-state index in [1.807, 2.05) is 23.9 Å². The van der Waals surface area contributed by atoms with Gasteiger partial charge < -0.3 is 19.6 Å². The van der Waals surface area contributed by atoms with E-state index < -0.39 is 0 Å². The Morgan fingerprint density at radius 1 is 1.41 bits per heavy atom. The molecule has 1 amide bonds. The molecular formula is C12H24N2O3. The number of hydrogen-bond acceptors (Lipinski definition) is 4. The third kappa shape index (κ3) is 5.48. The second-order valence-electron chi connectivity index (χ2n) is 4.73. The molecule has 0 unspecified atom stereocenters. The molecule has 1 aliphatic rings. The van der Waals surface area contributed by atoms with Gasteiger partial charge in [0.25, 0.3) is 0 Å². The summed E-state index contributed by atoms with van der Waals surface area (Å²) in [6.07, 6.45) is 2.57. The van der Waals surface area contributed by atoms with Crippen LogP contribution in [0.1, 0.15) is 19.3 Å². The fourth-order valence-electron chi connectivity index (χ4n) is 1.97. The quantitative estimate of drug-likeness (QED) is 0.711. The van der Waals surface area contributed by atoms with Crippen LogP contribution in [0.4, 0.5) is 0 Å². The van der Waals surface area contributed by atoms with Crippen LogP contribution in [0.15, 0.2) is 0 Å². The Labute approximate surface area is 103 Å². The number of amides is 1. The van der Waals surface area contributed by atoms with Crippen LogP contribution >= 0.6 is 0 Å². The number of aliphatic hydroxyl groups excluding tert-OH is 1. The van der Waals surface area contributed by atoms with Crippen LogP contribution in [-0.2, 0) is 9.53 Å². The maximum atomic E-state index is 11.8. The molecule has 1 rings (SSSR count). The van der Waals surface area contributed by atoms with Crippen molar-refractivity contribution in [1.82, 2.24) is 9.80 Å². The number of piperidine rings is 1. The van der Waals surface area contributed by atoms with Crippen LogP contribution in [0.5, 0.6) is 0 Å². The molecule has 0 atom stereocenters. The molecular weight excluding hydrogens is 220 g/mol. The first kappa shape index (κ1) is 14.4. The largest absolute Gasteiger partial charge is 0.394 e. The first-order valence-electron chi connectivity index (χ1n) is 6.28. The Morgan fingerprint density at radius 2 is 2.06 bits per heavy atom. The summed E-state index contributed by atoms with van der Waals surface area (Å²) in [7, 11) is 3.95. The number of nitrogens with zero attached hydrogens (tertiary/aromatic N) is 2. The molecule has 1 N–H and O–H groups in total. The van der Waals surface area contributed by atoms with Crippen molar-refractivity contribution >= 4 is 5.91 Å². The van der Waals surface area contributed by atoms with E-state index in [2.05, 4.69) is 0 Å². The molecule has 0 saturated carbocycles. The van der Waals surface area contributed by atoms with E-state index in [9.17, 15) is 4.79 Å². The van der Waals surface area contributed by atoms with Crippen molar-refractivity contribution in [3.63, 3.8) is 0 Å². The van der Waals surface area contributed by atoms with Gasteiger partial charge in [-0.15, -0.1) is 0 Å². The van der Waals surface area contributed by atoms with E-state index >= 15 is 0 Å².